The van der Waals surface area contributed by atoms with Gasteiger partial charge in [-0.05, 0) is 31.8 Å². The maximum absolute atomic E-state index is 10.7. The maximum Gasteiger partial charge on any atom is 0.152 e. The molecule has 0 fully saturated rings. The van der Waals surface area contributed by atoms with Gasteiger partial charge in [-0.3, -0.25) is 4.79 Å². The quantitative estimate of drug-likeness (QED) is 0.571. The molecule has 0 aliphatic heterocycles. The summed E-state index contributed by atoms with van der Waals surface area (Å²) in [6.45, 7) is 10.1. The standard InChI is InChI=1S/C10H18O/c1-7(2)10(5)8(3)6-9(4)11/h6-7,10H,1-5H3/b8-6+. The first-order chi connectivity index (χ1) is 4.95. The first-order valence-electron chi connectivity index (χ1n) is 4.14. The second-order valence-electron chi connectivity index (χ2n) is 3.53. The second-order valence-corrected chi connectivity index (χ2v) is 3.53. The molecule has 1 nitrogen and oxygen atoms in total. The molecule has 0 saturated heterocycles. The summed E-state index contributed by atoms with van der Waals surface area (Å²) in [4.78, 5) is 10.7. The molecule has 0 aliphatic rings. The third-order valence-corrected chi connectivity index (χ3v) is 2.15. The molecule has 0 bridgehead atoms. The van der Waals surface area contributed by atoms with Gasteiger partial charge in [0, 0.05) is 0 Å². The largest absolute Gasteiger partial charge is 0.295 e. The van der Waals surface area contributed by atoms with Gasteiger partial charge in [-0.25, -0.2) is 0 Å². The Balaban J connectivity index is 4.23. The highest BCUT2D eigenvalue weighted by Crippen LogP contribution is 2.18. The van der Waals surface area contributed by atoms with Crippen LogP contribution in [0.2, 0.25) is 0 Å². The molecule has 1 atom stereocenters. The molecule has 1 unspecified atom stereocenters. The minimum absolute atomic E-state index is 0.148. The third kappa shape index (κ3) is 3.97. The Morgan fingerprint density at radius 2 is 1.64 bits per heavy atom. The lowest BCUT2D eigenvalue weighted by atomic mass is 9.90. The van der Waals surface area contributed by atoms with Gasteiger partial charge in [-0.1, -0.05) is 26.3 Å². The zero-order valence-corrected chi connectivity index (χ0v) is 8.14. The topological polar surface area (TPSA) is 17.1 Å². The molecule has 11 heavy (non-hydrogen) atoms. The van der Waals surface area contributed by atoms with Gasteiger partial charge in [0.1, 0.15) is 0 Å². The van der Waals surface area contributed by atoms with Gasteiger partial charge >= 0.3 is 0 Å². The number of rotatable bonds is 3. The number of carbonyl (C=O) groups excluding carboxylic acids is 1. The van der Waals surface area contributed by atoms with Crippen LogP contribution in [-0.4, -0.2) is 5.78 Å². The Labute approximate surface area is 69.5 Å². The normalized spacial score (nSPS) is 15.3. The van der Waals surface area contributed by atoms with Crippen LogP contribution in [0.25, 0.3) is 0 Å². The smallest absolute Gasteiger partial charge is 0.152 e. The molecule has 0 amide bonds. The van der Waals surface area contributed by atoms with Crippen LogP contribution < -0.4 is 0 Å². The Morgan fingerprint density at radius 1 is 1.18 bits per heavy atom. The number of carbonyl (C=O) groups is 1. The van der Waals surface area contributed by atoms with Crippen LogP contribution in [-0.2, 0) is 4.79 Å². The summed E-state index contributed by atoms with van der Waals surface area (Å²) in [5.41, 5.74) is 1.19. The van der Waals surface area contributed by atoms with Crippen molar-refractivity contribution in [2.45, 2.75) is 34.6 Å². The average Bonchev–Trinajstić information content (AvgIpc) is 1.84. The summed E-state index contributed by atoms with van der Waals surface area (Å²) < 4.78 is 0. The van der Waals surface area contributed by atoms with Gasteiger partial charge in [0.15, 0.2) is 5.78 Å². The molecule has 0 aromatic heterocycles. The average molecular weight is 154 g/mol. The predicted octanol–water partition coefficient (Wildman–Crippen LogP) is 2.81. The minimum Gasteiger partial charge on any atom is -0.295 e. The number of hydrogen-bond acceptors (Lipinski definition) is 1. The Kier molecular flexibility index (Phi) is 4.09. The summed E-state index contributed by atoms with van der Waals surface area (Å²) in [5, 5.41) is 0. The molecular weight excluding hydrogens is 136 g/mol. The summed E-state index contributed by atoms with van der Waals surface area (Å²) in [7, 11) is 0. The van der Waals surface area contributed by atoms with Crippen LogP contribution in [0.15, 0.2) is 11.6 Å². The lowest BCUT2D eigenvalue weighted by Crippen LogP contribution is -2.06. The highest BCUT2D eigenvalue weighted by Gasteiger charge is 2.08. The van der Waals surface area contributed by atoms with E-state index in [1.165, 1.54) is 5.57 Å². The molecule has 0 N–H and O–H groups in total. The summed E-state index contributed by atoms with van der Waals surface area (Å²) >= 11 is 0. The van der Waals surface area contributed by atoms with Crippen molar-refractivity contribution in [3.05, 3.63) is 11.6 Å². The summed E-state index contributed by atoms with van der Waals surface area (Å²) in [6.07, 6.45) is 1.73. The second kappa shape index (κ2) is 4.32. The Bertz CT molecular complexity index is 166. The fourth-order valence-electron chi connectivity index (χ4n) is 0.978. The molecule has 1 heteroatoms. The van der Waals surface area contributed by atoms with Gasteiger partial charge in [0.25, 0.3) is 0 Å². The highest BCUT2D eigenvalue weighted by atomic mass is 16.1. The molecule has 0 aliphatic carbocycles. The van der Waals surface area contributed by atoms with Gasteiger partial charge in [0.2, 0.25) is 0 Å². The van der Waals surface area contributed by atoms with Crippen molar-refractivity contribution in [2.75, 3.05) is 0 Å². The Morgan fingerprint density at radius 3 is 1.91 bits per heavy atom. The van der Waals surface area contributed by atoms with E-state index >= 15 is 0 Å². The highest BCUT2D eigenvalue weighted by molar-refractivity contribution is 5.87. The lowest BCUT2D eigenvalue weighted by molar-refractivity contribution is -0.112. The van der Waals surface area contributed by atoms with Crippen molar-refractivity contribution in [1.82, 2.24) is 0 Å². The van der Waals surface area contributed by atoms with E-state index in [1.54, 1.807) is 13.0 Å². The predicted molar refractivity (Wildman–Crippen MR) is 48.4 cm³/mol. The molecule has 64 valence electrons. The summed E-state index contributed by atoms with van der Waals surface area (Å²) in [5.74, 6) is 1.28. The van der Waals surface area contributed by atoms with Crippen LogP contribution in [0.1, 0.15) is 34.6 Å². The fourth-order valence-corrected chi connectivity index (χ4v) is 0.978. The van der Waals surface area contributed by atoms with Crippen LogP contribution in [0.3, 0.4) is 0 Å². The van der Waals surface area contributed by atoms with Crippen molar-refractivity contribution >= 4 is 5.78 Å². The molecule has 0 rings (SSSR count). The van der Waals surface area contributed by atoms with Crippen LogP contribution in [0, 0.1) is 11.8 Å². The van der Waals surface area contributed by atoms with E-state index in [0.717, 1.165) is 0 Å². The lowest BCUT2D eigenvalue weighted by Gasteiger charge is -2.15. The maximum atomic E-state index is 10.7. The first kappa shape index (κ1) is 10.4. The van der Waals surface area contributed by atoms with E-state index < -0.39 is 0 Å². The van der Waals surface area contributed by atoms with Gasteiger partial charge in [-0.2, -0.15) is 0 Å². The van der Waals surface area contributed by atoms with Crippen molar-refractivity contribution in [3.63, 3.8) is 0 Å². The molecule has 0 heterocycles. The molecule has 0 radical (unpaired) electrons. The molecule has 0 aromatic carbocycles. The molecule has 0 aromatic rings. The molecule has 0 spiro atoms. The van der Waals surface area contributed by atoms with E-state index in [1.807, 2.05) is 6.92 Å². The van der Waals surface area contributed by atoms with Crippen LogP contribution in [0.5, 0.6) is 0 Å². The zero-order chi connectivity index (χ0) is 9.02. The van der Waals surface area contributed by atoms with Gasteiger partial charge in [0.05, 0.1) is 0 Å². The monoisotopic (exact) mass is 154 g/mol. The van der Waals surface area contributed by atoms with Crippen molar-refractivity contribution in [2.24, 2.45) is 11.8 Å². The number of hydrogen-bond donors (Lipinski definition) is 0. The van der Waals surface area contributed by atoms with Crippen molar-refractivity contribution in [3.8, 4) is 0 Å². The zero-order valence-electron chi connectivity index (χ0n) is 8.14. The van der Waals surface area contributed by atoms with Gasteiger partial charge < -0.3 is 0 Å². The SMILES string of the molecule is CC(=O)/C=C(\C)C(C)C(C)C. The van der Waals surface area contributed by atoms with Crippen LogP contribution >= 0.6 is 0 Å². The number of ketones is 1. The molecule has 0 saturated carbocycles. The molecular formula is C10H18O. The van der Waals surface area contributed by atoms with Crippen LogP contribution in [0.4, 0.5) is 0 Å². The summed E-state index contributed by atoms with van der Waals surface area (Å²) in [6, 6.07) is 0. The van der Waals surface area contributed by atoms with Crippen molar-refractivity contribution in [1.29, 1.82) is 0 Å². The minimum atomic E-state index is 0.148. The number of allylic oxidation sites excluding steroid dienone is 2. The van der Waals surface area contributed by atoms with Gasteiger partial charge in [-0.15, -0.1) is 0 Å². The fraction of sp³-hybridized carbons (Fsp3) is 0.700. The van der Waals surface area contributed by atoms with E-state index in [2.05, 4.69) is 20.8 Å². The van der Waals surface area contributed by atoms with Crippen molar-refractivity contribution < 1.29 is 4.79 Å². The van der Waals surface area contributed by atoms with E-state index in [-0.39, 0.29) is 5.78 Å². The van der Waals surface area contributed by atoms with E-state index in [4.69, 9.17) is 0 Å². The Hall–Kier alpha value is -0.590. The third-order valence-electron chi connectivity index (χ3n) is 2.15. The van der Waals surface area contributed by atoms with E-state index in [9.17, 15) is 4.79 Å². The first-order valence-corrected chi connectivity index (χ1v) is 4.14. The van der Waals surface area contributed by atoms with E-state index in [0.29, 0.717) is 11.8 Å².